The molecular weight excluding hydrogens is 242 g/mol. The first-order valence-corrected chi connectivity index (χ1v) is 6.82. The lowest BCUT2D eigenvalue weighted by Crippen LogP contribution is -2.32. The van der Waals surface area contributed by atoms with E-state index in [2.05, 4.69) is 33.6 Å². The standard InChI is InChI=1S/C15H29NO3/c1-6-10-17-11-7-14(2,3)18-12-8-15(4,5)19-13-9-16/h1H,7-13,16H2,2-5H3. The zero-order valence-corrected chi connectivity index (χ0v) is 12.8. The van der Waals surface area contributed by atoms with Gasteiger partial charge in [0.05, 0.1) is 31.0 Å². The molecule has 0 radical (unpaired) electrons. The second-order valence-electron chi connectivity index (χ2n) is 5.76. The molecule has 0 aliphatic rings. The average Bonchev–Trinajstić information content (AvgIpc) is 2.32. The van der Waals surface area contributed by atoms with Gasteiger partial charge < -0.3 is 19.9 Å². The van der Waals surface area contributed by atoms with Crippen LogP contribution in [0.25, 0.3) is 0 Å². The molecule has 2 N–H and O–H groups in total. The SMILES string of the molecule is C#CCOCCC(C)(C)OCCC(C)(C)OCCN. The fraction of sp³-hybridized carbons (Fsp3) is 0.867. The summed E-state index contributed by atoms with van der Waals surface area (Å²) in [6, 6.07) is 0. The molecule has 4 heteroatoms. The molecule has 0 amide bonds. The summed E-state index contributed by atoms with van der Waals surface area (Å²) in [6.45, 7) is 11.0. The predicted molar refractivity (Wildman–Crippen MR) is 78.0 cm³/mol. The van der Waals surface area contributed by atoms with Crippen LogP contribution in [0, 0.1) is 12.3 Å². The van der Waals surface area contributed by atoms with Crippen molar-refractivity contribution in [1.29, 1.82) is 0 Å². The summed E-state index contributed by atoms with van der Waals surface area (Å²) in [4.78, 5) is 0. The van der Waals surface area contributed by atoms with Gasteiger partial charge in [0.15, 0.2) is 0 Å². The molecule has 0 aromatic heterocycles. The topological polar surface area (TPSA) is 53.7 Å². The maximum absolute atomic E-state index is 5.88. The van der Waals surface area contributed by atoms with E-state index >= 15 is 0 Å². The van der Waals surface area contributed by atoms with E-state index in [-0.39, 0.29) is 11.2 Å². The first-order valence-electron chi connectivity index (χ1n) is 6.82. The fourth-order valence-electron chi connectivity index (χ4n) is 1.50. The molecule has 0 bridgehead atoms. The van der Waals surface area contributed by atoms with Crippen LogP contribution in [0.5, 0.6) is 0 Å². The van der Waals surface area contributed by atoms with Gasteiger partial charge in [-0.05, 0) is 40.5 Å². The van der Waals surface area contributed by atoms with Gasteiger partial charge in [0, 0.05) is 6.54 Å². The Labute approximate surface area is 118 Å². The first kappa shape index (κ1) is 18.4. The van der Waals surface area contributed by atoms with Gasteiger partial charge in [-0.25, -0.2) is 0 Å². The van der Waals surface area contributed by atoms with Gasteiger partial charge in [-0.2, -0.15) is 0 Å². The number of ether oxygens (including phenoxy) is 3. The normalized spacial score (nSPS) is 12.4. The zero-order chi connectivity index (χ0) is 14.8. The quantitative estimate of drug-likeness (QED) is 0.461. The van der Waals surface area contributed by atoms with Crippen LogP contribution in [0.3, 0.4) is 0 Å². The van der Waals surface area contributed by atoms with Gasteiger partial charge in [0.25, 0.3) is 0 Å². The number of hydrogen-bond donors (Lipinski definition) is 1. The average molecular weight is 271 g/mol. The zero-order valence-electron chi connectivity index (χ0n) is 12.8. The molecule has 0 spiro atoms. The van der Waals surface area contributed by atoms with Crippen molar-refractivity contribution in [3.8, 4) is 12.3 Å². The number of terminal acetylenes is 1. The molecule has 0 aliphatic carbocycles. The van der Waals surface area contributed by atoms with E-state index in [1.165, 1.54) is 0 Å². The van der Waals surface area contributed by atoms with E-state index in [4.69, 9.17) is 26.4 Å². The van der Waals surface area contributed by atoms with Crippen LogP contribution in [0.4, 0.5) is 0 Å². The molecule has 0 aliphatic heterocycles. The Kier molecular flexibility index (Phi) is 9.03. The van der Waals surface area contributed by atoms with E-state index < -0.39 is 0 Å². The van der Waals surface area contributed by atoms with Crippen molar-refractivity contribution in [2.75, 3.05) is 33.0 Å². The summed E-state index contributed by atoms with van der Waals surface area (Å²) in [5.41, 5.74) is 5.02. The van der Waals surface area contributed by atoms with Crippen LogP contribution in [0.2, 0.25) is 0 Å². The molecule has 0 saturated heterocycles. The molecule has 0 aromatic rings. The van der Waals surface area contributed by atoms with Crippen molar-refractivity contribution in [1.82, 2.24) is 0 Å². The van der Waals surface area contributed by atoms with E-state index in [0.717, 1.165) is 12.8 Å². The molecule has 0 atom stereocenters. The fourth-order valence-corrected chi connectivity index (χ4v) is 1.50. The molecule has 0 rings (SSSR count). The van der Waals surface area contributed by atoms with Crippen LogP contribution in [-0.4, -0.2) is 44.2 Å². The Morgan fingerprint density at radius 3 is 2.00 bits per heavy atom. The number of nitrogens with two attached hydrogens (primary N) is 1. The predicted octanol–water partition coefficient (Wildman–Crippen LogP) is 1.97. The highest BCUT2D eigenvalue weighted by molar-refractivity contribution is 4.83. The van der Waals surface area contributed by atoms with E-state index in [9.17, 15) is 0 Å². The maximum atomic E-state index is 5.88. The molecule has 0 aromatic carbocycles. The lowest BCUT2D eigenvalue weighted by Gasteiger charge is -2.29. The molecule has 0 saturated carbocycles. The van der Waals surface area contributed by atoms with Gasteiger partial charge in [-0.1, -0.05) is 5.92 Å². The summed E-state index contributed by atoms with van der Waals surface area (Å²) in [6.07, 6.45) is 6.77. The molecule has 0 unspecified atom stereocenters. The van der Waals surface area contributed by atoms with Crippen LogP contribution in [-0.2, 0) is 14.2 Å². The monoisotopic (exact) mass is 271 g/mol. The van der Waals surface area contributed by atoms with Crippen molar-refractivity contribution in [3.63, 3.8) is 0 Å². The minimum absolute atomic E-state index is 0.199. The minimum Gasteiger partial charge on any atom is -0.375 e. The highest BCUT2D eigenvalue weighted by Gasteiger charge is 2.22. The third-order valence-electron chi connectivity index (χ3n) is 2.84. The highest BCUT2D eigenvalue weighted by Crippen LogP contribution is 2.19. The second kappa shape index (κ2) is 9.33. The summed E-state index contributed by atoms with van der Waals surface area (Å²) in [7, 11) is 0. The van der Waals surface area contributed by atoms with Gasteiger partial charge in [-0.3, -0.25) is 0 Å². The van der Waals surface area contributed by atoms with Crippen LogP contribution >= 0.6 is 0 Å². The smallest absolute Gasteiger partial charge is 0.107 e. The lowest BCUT2D eigenvalue weighted by atomic mass is 10.0. The third kappa shape index (κ3) is 11.0. The largest absolute Gasteiger partial charge is 0.375 e. The summed E-state index contributed by atoms with van der Waals surface area (Å²) in [5.74, 6) is 2.45. The summed E-state index contributed by atoms with van der Waals surface area (Å²) in [5, 5.41) is 0. The minimum atomic E-state index is -0.210. The highest BCUT2D eigenvalue weighted by atomic mass is 16.5. The van der Waals surface area contributed by atoms with Crippen molar-refractivity contribution < 1.29 is 14.2 Å². The Bertz CT molecular complexity index is 269. The van der Waals surface area contributed by atoms with Gasteiger partial charge in [-0.15, -0.1) is 6.42 Å². The van der Waals surface area contributed by atoms with Crippen molar-refractivity contribution in [3.05, 3.63) is 0 Å². The Balaban J connectivity index is 3.81. The molecule has 0 heterocycles. The lowest BCUT2D eigenvalue weighted by molar-refractivity contribution is -0.0781. The summed E-state index contributed by atoms with van der Waals surface area (Å²) < 4.78 is 16.8. The van der Waals surface area contributed by atoms with Crippen molar-refractivity contribution in [2.45, 2.75) is 51.7 Å². The van der Waals surface area contributed by atoms with Gasteiger partial charge >= 0.3 is 0 Å². The van der Waals surface area contributed by atoms with Crippen LogP contribution < -0.4 is 5.73 Å². The van der Waals surface area contributed by atoms with Gasteiger partial charge in [0.1, 0.15) is 6.61 Å². The van der Waals surface area contributed by atoms with Crippen molar-refractivity contribution >= 4 is 0 Å². The van der Waals surface area contributed by atoms with Crippen LogP contribution in [0.1, 0.15) is 40.5 Å². The van der Waals surface area contributed by atoms with E-state index in [0.29, 0.717) is 33.0 Å². The third-order valence-corrected chi connectivity index (χ3v) is 2.84. The van der Waals surface area contributed by atoms with E-state index in [1.54, 1.807) is 0 Å². The van der Waals surface area contributed by atoms with Crippen LogP contribution in [0.15, 0.2) is 0 Å². The van der Waals surface area contributed by atoms with Gasteiger partial charge in [0.2, 0.25) is 0 Å². The Morgan fingerprint density at radius 2 is 1.47 bits per heavy atom. The number of rotatable bonds is 11. The van der Waals surface area contributed by atoms with E-state index in [1.807, 2.05) is 0 Å². The summed E-state index contributed by atoms with van der Waals surface area (Å²) >= 11 is 0. The Morgan fingerprint density at radius 1 is 0.947 bits per heavy atom. The second-order valence-corrected chi connectivity index (χ2v) is 5.76. The number of hydrogen-bond acceptors (Lipinski definition) is 4. The Hall–Kier alpha value is -0.600. The molecule has 112 valence electrons. The first-order chi connectivity index (χ1) is 8.83. The molecule has 4 nitrogen and oxygen atoms in total. The van der Waals surface area contributed by atoms with Crippen molar-refractivity contribution in [2.24, 2.45) is 5.73 Å². The molecular formula is C15H29NO3. The maximum Gasteiger partial charge on any atom is 0.107 e. The molecule has 0 fully saturated rings. The molecule has 19 heavy (non-hydrogen) atoms.